The summed E-state index contributed by atoms with van der Waals surface area (Å²) in [5, 5.41) is 9.11. The molecule has 1 nitrogen and oxygen atoms in total. The Bertz CT molecular complexity index is 105. The minimum atomic E-state index is -0.176. The van der Waals surface area contributed by atoms with Crippen molar-refractivity contribution in [3.05, 3.63) is 0 Å². The number of alkyl halides is 1. The average molecular weight is 270 g/mol. The molecule has 1 N–H and O–H groups in total. The van der Waals surface area contributed by atoms with Crippen LogP contribution >= 0.6 is 22.6 Å². The van der Waals surface area contributed by atoms with Gasteiger partial charge in [0.15, 0.2) is 0 Å². The summed E-state index contributed by atoms with van der Waals surface area (Å²) in [4.78, 5) is 0. The van der Waals surface area contributed by atoms with Crippen LogP contribution < -0.4 is 0 Å². The molecule has 11 heavy (non-hydrogen) atoms. The summed E-state index contributed by atoms with van der Waals surface area (Å²) in [5.41, 5.74) is 0.394. The molecule has 0 amide bonds. The van der Waals surface area contributed by atoms with E-state index < -0.39 is 0 Å². The Balaban J connectivity index is 3.61. The summed E-state index contributed by atoms with van der Waals surface area (Å²) in [7, 11) is 0. The summed E-state index contributed by atoms with van der Waals surface area (Å²) in [6.07, 6.45) is 2.10. The molecule has 0 aliphatic carbocycles. The van der Waals surface area contributed by atoms with Gasteiger partial charge < -0.3 is 5.11 Å². The molecule has 0 spiro atoms. The van der Waals surface area contributed by atoms with E-state index in [2.05, 4.69) is 50.3 Å². The lowest BCUT2D eigenvalue weighted by Crippen LogP contribution is -2.13. The Labute approximate surface area is 83.7 Å². The van der Waals surface area contributed by atoms with Gasteiger partial charge in [-0.15, -0.1) is 0 Å². The van der Waals surface area contributed by atoms with Crippen molar-refractivity contribution in [2.75, 3.05) is 0 Å². The van der Waals surface area contributed by atoms with Crippen LogP contribution in [0.5, 0.6) is 0 Å². The molecule has 0 rings (SSSR count). The highest BCUT2D eigenvalue weighted by molar-refractivity contribution is 14.1. The van der Waals surface area contributed by atoms with Crippen LogP contribution in [0.4, 0.5) is 0 Å². The topological polar surface area (TPSA) is 20.2 Å². The number of aliphatic hydroxyl groups is 1. The van der Waals surface area contributed by atoms with Crippen molar-refractivity contribution < 1.29 is 5.11 Å². The zero-order valence-corrected chi connectivity index (χ0v) is 10.1. The Hall–Kier alpha value is 0.690. The van der Waals surface area contributed by atoms with Gasteiger partial charge in [-0.05, 0) is 24.2 Å². The monoisotopic (exact) mass is 270 g/mol. The van der Waals surface area contributed by atoms with Gasteiger partial charge in [-0.25, -0.2) is 0 Å². The van der Waals surface area contributed by atoms with Gasteiger partial charge in [-0.2, -0.15) is 0 Å². The van der Waals surface area contributed by atoms with E-state index >= 15 is 0 Å². The minimum Gasteiger partial charge on any atom is -0.383 e. The molecular weight excluding hydrogens is 251 g/mol. The summed E-state index contributed by atoms with van der Waals surface area (Å²) < 4.78 is -0.176. The van der Waals surface area contributed by atoms with Crippen LogP contribution in [0.3, 0.4) is 0 Å². The molecule has 0 radical (unpaired) electrons. The lowest BCUT2D eigenvalue weighted by Gasteiger charge is -2.23. The van der Waals surface area contributed by atoms with E-state index in [-0.39, 0.29) is 4.11 Å². The van der Waals surface area contributed by atoms with Crippen LogP contribution in [-0.2, 0) is 0 Å². The van der Waals surface area contributed by atoms with Crippen LogP contribution in [0.15, 0.2) is 0 Å². The van der Waals surface area contributed by atoms with Gasteiger partial charge in [0.2, 0.25) is 0 Å². The smallest absolute Gasteiger partial charge is 0.105 e. The van der Waals surface area contributed by atoms with E-state index in [1.807, 2.05) is 0 Å². The fourth-order valence-electron chi connectivity index (χ4n) is 1.46. The Morgan fingerprint density at radius 2 is 1.82 bits per heavy atom. The molecule has 0 saturated heterocycles. The third-order valence-corrected chi connectivity index (χ3v) is 2.07. The lowest BCUT2D eigenvalue weighted by atomic mass is 9.84. The second-order valence-electron chi connectivity index (χ2n) is 4.54. The number of hydrogen-bond donors (Lipinski definition) is 1. The normalized spacial score (nSPS) is 18.0. The molecule has 0 aromatic carbocycles. The number of rotatable bonds is 3. The maximum absolute atomic E-state index is 9.11. The zero-order chi connectivity index (χ0) is 9.07. The molecule has 0 aliphatic rings. The summed E-state index contributed by atoms with van der Waals surface area (Å²) in [6.45, 7) is 8.92. The van der Waals surface area contributed by atoms with Gasteiger partial charge in [0.25, 0.3) is 0 Å². The van der Waals surface area contributed by atoms with Crippen molar-refractivity contribution >= 4 is 22.6 Å². The highest BCUT2D eigenvalue weighted by Crippen LogP contribution is 2.27. The molecule has 0 fully saturated rings. The summed E-state index contributed by atoms with van der Waals surface area (Å²) >= 11 is 2.06. The van der Waals surface area contributed by atoms with Gasteiger partial charge in [0.1, 0.15) is 4.11 Å². The maximum atomic E-state index is 9.11. The third kappa shape index (κ3) is 8.60. The molecule has 0 bridgehead atoms. The molecule has 0 aromatic heterocycles. The third-order valence-electron chi connectivity index (χ3n) is 1.56. The molecule has 2 unspecified atom stereocenters. The Kier molecular flexibility index (Phi) is 4.94. The quantitative estimate of drug-likeness (QED) is 0.616. The van der Waals surface area contributed by atoms with Crippen LogP contribution in [-0.4, -0.2) is 9.22 Å². The van der Waals surface area contributed by atoms with E-state index in [0.717, 1.165) is 6.42 Å². The van der Waals surface area contributed by atoms with Crippen molar-refractivity contribution in [3.8, 4) is 0 Å². The van der Waals surface area contributed by atoms with E-state index in [4.69, 9.17) is 5.11 Å². The van der Waals surface area contributed by atoms with Gasteiger partial charge in [-0.3, -0.25) is 0 Å². The van der Waals surface area contributed by atoms with E-state index in [1.54, 1.807) is 0 Å². The number of aliphatic hydroxyl groups excluding tert-OH is 1. The zero-order valence-electron chi connectivity index (χ0n) is 7.89. The highest BCUT2D eigenvalue weighted by atomic mass is 127. The van der Waals surface area contributed by atoms with Crippen LogP contribution in [0.2, 0.25) is 0 Å². The van der Waals surface area contributed by atoms with Crippen molar-refractivity contribution in [1.29, 1.82) is 0 Å². The first-order chi connectivity index (χ1) is 4.81. The van der Waals surface area contributed by atoms with Crippen molar-refractivity contribution in [2.45, 2.75) is 44.6 Å². The second kappa shape index (κ2) is 4.65. The minimum absolute atomic E-state index is 0.176. The van der Waals surface area contributed by atoms with Gasteiger partial charge in [-0.1, -0.05) is 50.3 Å². The molecule has 2 atom stereocenters. The molecule has 0 heterocycles. The number of halogens is 1. The average Bonchev–Trinajstić information content (AvgIpc) is 1.53. The standard InChI is InChI=1S/C9H19IO/c1-7(5-8(10)11)6-9(2,3)4/h7-8,11H,5-6H2,1-4H3. The van der Waals surface area contributed by atoms with Crippen LogP contribution in [0.25, 0.3) is 0 Å². The molecule has 0 aliphatic heterocycles. The van der Waals surface area contributed by atoms with Crippen LogP contribution in [0.1, 0.15) is 40.5 Å². The predicted octanol–water partition coefficient (Wildman–Crippen LogP) is 3.20. The van der Waals surface area contributed by atoms with Crippen LogP contribution in [0, 0.1) is 11.3 Å². The highest BCUT2D eigenvalue weighted by Gasteiger charge is 2.16. The summed E-state index contributed by atoms with van der Waals surface area (Å²) in [5.74, 6) is 0.627. The van der Waals surface area contributed by atoms with Gasteiger partial charge in [0, 0.05) is 0 Å². The van der Waals surface area contributed by atoms with Gasteiger partial charge >= 0.3 is 0 Å². The first-order valence-corrected chi connectivity index (χ1v) is 5.38. The fourth-order valence-corrected chi connectivity index (χ4v) is 2.33. The predicted molar refractivity (Wildman–Crippen MR) is 57.9 cm³/mol. The Morgan fingerprint density at radius 3 is 2.09 bits per heavy atom. The maximum Gasteiger partial charge on any atom is 0.105 e. The molecule has 68 valence electrons. The lowest BCUT2D eigenvalue weighted by molar-refractivity contribution is 0.214. The van der Waals surface area contributed by atoms with E-state index in [0.29, 0.717) is 11.3 Å². The fraction of sp³-hybridized carbons (Fsp3) is 1.00. The van der Waals surface area contributed by atoms with Crippen molar-refractivity contribution in [2.24, 2.45) is 11.3 Å². The van der Waals surface area contributed by atoms with E-state index in [1.165, 1.54) is 6.42 Å². The van der Waals surface area contributed by atoms with Gasteiger partial charge in [0.05, 0.1) is 0 Å². The molecule has 2 heteroatoms. The molecular formula is C9H19IO. The number of hydrogen-bond acceptors (Lipinski definition) is 1. The van der Waals surface area contributed by atoms with Crippen molar-refractivity contribution in [3.63, 3.8) is 0 Å². The van der Waals surface area contributed by atoms with Crippen molar-refractivity contribution in [1.82, 2.24) is 0 Å². The SMILES string of the molecule is CC(CC(O)I)CC(C)(C)C. The molecule has 0 saturated carbocycles. The second-order valence-corrected chi connectivity index (χ2v) is 5.98. The largest absolute Gasteiger partial charge is 0.383 e. The van der Waals surface area contributed by atoms with E-state index in [9.17, 15) is 0 Å². The Morgan fingerprint density at radius 1 is 1.36 bits per heavy atom. The summed E-state index contributed by atoms with van der Waals surface area (Å²) in [6, 6.07) is 0. The molecule has 0 aromatic rings. The first kappa shape index (κ1) is 11.7. The first-order valence-electron chi connectivity index (χ1n) is 4.13.